The minimum atomic E-state index is -4.76. The topological polar surface area (TPSA) is 74.6 Å². The van der Waals surface area contributed by atoms with Crippen LogP contribution in [0, 0.1) is 0 Å². The average Bonchev–Trinajstić information content (AvgIpc) is 3.17. The summed E-state index contributed by atoms with van der Waals surface area (Å²) in [5.74, 6) is -0.573. The third-order valence-electron chi connectivity index (χ3n) is 3.92. The Morgan fingerprint density at radius 3 is 2.45 bits per heavy atom. The lowest BCUT2D eigenvalue weighted by Gasteiger charge is -2.10. The van der Waals surface area contributed by atoms with E-state index in [1.54, 1.807) is 10.9 Å². The van der Waals surface area contributed by atoms with Gasteiger partial charge in [0.05, 0.1) is 31.6 Å². The van der Waals surface area contributed by atoms with Crippen LogP contribution in [0.4, 0.5) is 18.9 Å². The van der Waals surface area contributed by atoms with Crippen LogP contribution in [-0.4, -0.2) is 35.3 Å². The minimum Gasteiger partial charge on any atom is -0.484 e. The molecule has 10 heteroatoms. The van der Waals surface area contributed by atoms with Crippen LogP contribution < -0.4 is 14.8 Å². The molecule has 3 aromatic rings. The molecule has 0 aliphatic rings. The number of hydrogen-bond donors (Lipinski definition) is 1. The second kappa shape index (κ2) is 10.5. The summed E-state index contributed by atoms with van der Waals surface area (Å²) in [6.07, 6.45) is -1.61. The molecule has 7 nitrogen and oxygen atoms in total. The van der Waals surface area contributed by atoms with Gasteiger partial charge in [-0.15, -0.1) is 13.2 Å². The Morgan fingerprint density at radius 2 is 1.74 bits per heavy atom. The highest BCUT2D eigenvalue weighted by molar-refractivity contribution is 5.91. The number of aromatic nitrogens is 2. The van der Waals surface area contributed by atoms with E-state index in [9.17, 15) is 18.0 Å². The van der Waals surface area contributed by atoms with Crippen molar-refractivity contribution in [2.75, 3.05) is 18.5 Å². The molecule has 0 unspecified atom stereocenters. The molecule has 2 aromatic carbocycles. The average molecular weight is 435 g/mol. The van der Waals surface area contributed by atoms with Crippen molar-refractivity contribution < 1.29 is 32.2 Å². The molecule has 164 valence electrons. The van der Waals surface area contributed by atoms with E-state index >= 15 is 0 Å². The van der Waals surface area contributed by atoms with Crippen LogP contribution in [0.15, 0.2) is 67.0 Å². The van der Waals surface area contributed by atoms with Gasteiger partial charge in [-0.2, -0.15) is 5.10 Å². The monoisotopic (exact) mass is 435 g/mol. The SMILES string of the molecule is O=C(COc1ccc(OC(F)(F)F)cc1)Nc1cnn(CCOCc2ccccc2)c1. The molecular weight excluding hydrogens is 415 g/mol. The second-order valence-electron chi connectivity index (χ2n) is 6.39. The molecule has 1 amide bonds. The number of amides is 1. The van der Waals surface area contributed by atoms with Crippen LogP contribution in [0.25, 0.3) is 0 Å². The van der Waals surface area contributed by atoms with Crippen LogP contribution in [0.2, 0.25) is 0 Å². The first-order chi connectivity index (χ1) is 14.9. The number of nitrogens with one attached hydrogen (secondary N) is 1. The highest BCUT2D eigenvalue weighted by atomic mass is 19.4. The zero-order valence-corrected chi connectivity index (χ0v) is 16.3. The molecule has 0 saturated carbocycles. The van der Waals surface area contributed by atoms with E-state index in [1.165, 1.54) is 18.3 Å². The summed E-state index contributed by atoms with van der Waals surface area (Å²) >= 11 is 0. The number of halogens is 3. The first-order valence-corrected chi connectivity index (χ1v) is 9.30. The van der Waals surface area contributed by atoms with Crippen LogP contribution in [-0.2, 0) is 22.7 Å². The molecule has 3 rings (SSSR count). The quantitative estimate of drug-likeness (QED) is 0.487. The van der Waals surface area contributed by atoms with Gasteiger partial charge in [-0.3, -0.25) is 9.48 Å². The van der Waals surface area contributed by atoms with Gasteiger partial charge in [-0.1, -0.05) is 30.3 Å². The summed E-state index contributed by atoms with van der Waals surface area (Å²) in [6.45, 7) is 1.17. The van der Waals surface area contributed by atoms with Crippen molar-refractivity contribution in [3.8, 4) is 11.5 Å². The van der Waals surface area contributed by atoms with Gasteiger partial charge < -0.3 is 19.5 Å². The van der Waals surface area contributed by atoms with E-state index in [-0.39, 0.29) is 18.1 Å². The third-order valence-corrected chi connectivity index (χ3v) is 3.92. The first-order valence-electron chi connectivity index (χ1n) is 9.30. The van der Waals surface area contributed by atoms with Gasteiger partial charge in [0.2, 0.25) is 0 Å². The molecule has 1 N–H and O–H groups in total. The highest BCUT2D eigenvalue weighted by Gasteiger charge is 2.30. The Labute approximate surface area is 176 Å². The normalized spacial score (nSPS) is 11.2. The van der Waals surface area contributed by atoms with Crippen molar-refractivity contribution in [1.29, 1.82) is 0 Å². The van der Waals surface area contributed by atoms with Gasteiger partial charge in [0.1, 0.15) is 11.5 Å². The predicted molar refractivity (Wildman–Crippen MR) is 106 cm³/mol. The number of hydrogen-bond acceptors (Lipinski definition) is 5. The van der Waals surface area contributed by atoms with Gasteiger partial charge in [-0.25, -0.2) is 0 Å². The second-order valence-corrected chi connectivity index (χ2v) is 6.39. The largest absolute Gasteiger partial charge is 0.573 e. The number of ether oxygens (including phenoxy) is 3. The lowest BCUT2D eigenvalue weighted by Crippen LogP contribution is -2.20. The first kappa shape index (κ1) is 22.2. The molecule has 0 aliphatic heterocycles. The van der Waals surface area contributed by atoms with E-state index in [1.807, 2.05) is 30.3 Å². The Balaban J connectivity index is 1.36. The van der Waals surface area contributed by atoms with E-state index < -0.39 is 12.3 Å². The van der Waals surface area contributed by atoms with Crippen LogP contribution in [0.5, 0.6) is 11.5 Å². The summed E-state index contributed by atoms with van der Waals surface area (Å²) in [5, 5.41) is 6.78. The van der Waals surface area contributed by atoms with E-state index in [0.29, 0.717) is 25.4 Å². The number of anilines is 1. The summed E-state index contributed by atoms with van der Waals surface area (Å²) in [5.41, 5.74) is 1.57. The van der Waals surface area contributed by atoms with Crippen molar-refractivity contribution in [2.24, 2.45) is 0 Å². The maximum Gasteiger partial charge on any atom is 0.573 e. The van der Waals surface area contributed by atoms with Gasteiger partial charge in [0.25, 0.3) is 5.91 Å². The molecule has 1 heterocycles. The molecule has 1 aromatic heterocycles. The van der Waals surface area contributed by atoms with Crippen LogP contribution >= 0.6 is 0 Å². The summed E-state index contributed by atoms with van der Waals surface area (Å²) < 4.78 is 52.7. The Bertz CT molecular complexity index is 960. The van der Waals surface area contributed by atoms with Gasteiger partial charge in [-0.05, 0) is 29.8 Å². The number of alkyl halides is 3. The van der Waals surface area contributed by atoms with Crippen molar-refractivity contribution >= 4 is 11.6 Å². The zero-order chi connectivity index (χ0) is 22.1. The highest BCUT2D eigenvalue weighted by Crippen LogP contribution is 2.24. The fourth-order valence-corrected chi connectivity index (χ4v) is 2.56. The predicted octanol–water partition coefficient (Wildman–Crippen LogP) is 4.02. The van der Waals surface area contributed by atoms with E-state index in [4.69, 9.17) is 9.47 Å². The summed E-state index contributed by atoms with van der Waals surface area (Å²) in [4.78, 5) is 12.0. The molecular formula is C21H20F3N3O4. The number of rotatable bonds is 10. The summed E-state index contributed by atoms with van der Waals surface area (Å²) in [6, 6.07) is 14.6. The van der Waals surface area contributed by atoms with Crippen molar-refractivity contribution in [1.82, 2.24) is 9.78 Å². The molecule has 0 saturated heterocycles. The lowest BCUT2D eigenvalue weighted by molar-refractivity contribution is -0.274. The lowest BCUT2D eigenvalue weighted by atomic mass is 10.2. The minimum absolute atomic E-state index is 0.232. The number of nitrogens with zero attached hydrogens (tertiary/aromatic N) is 2. The molecule has 0 bridgehead atoms. The van der Waals surface area contributed by atoms with Gasteiger partial charge >= 0.3 is 6.36 Å². The Morgan fingerprint density at radius 1 is 1.03 bits per heavy atom. The van der Waals surface area contributed by atoms with Crippen LogP contribution in [0.1, 0.15) is 5.56 Å². The maximum absolute atomic E-state index is 12.1. The maximum atomic E-state index is 12.1. The molecule has 31 heavy (non-hydrogen) atoms. The molecule has 0 radical (unpaired) electrons. The zero-order valence-electron chi connectivity index (χ0n) is 16.3. The Kier molecular flexibility index (Phi) is 7.50. The number of carbonyl (C=O) groups excluding carboxylic acids is 1. The smallest absolute Gasteiger partial charge is 0.484 e. The van der Waals surface area contributed by atoms with Crippen molar-refractivity contribution in [3.05, 3.63) is 72.6 Å². The van der Waals surface area contributed by atoms with Crippen LogP contribution in [0.3, 0.4) is 0 Å². The fraction of sp³-hybridized carbons (Fsp3) is 0.238. The van der Waals surface area contributed by atoms with Crippen molar-refractivity contribution in [2.45, 2.75) is 19.5 Å². The molecule has 0 aliphatic carbocycles. The van der Waals surface area contributed by atoms with Gasteiger partial charge in [0, 0.05) is 6.20 Å². The fourth-order valence-electron chi connectivity index (χ4n) is 2.56. The van der Waals surface area contributed by atoms with Crippen molar-refractivity contribution in [3.63, 3.8) is 0 Å². The summed E-state index contributed by atoms with van der Waals surface area (Å²) in [7, 11) is 0. The Hall–Kier alpha value is -3.53. The molecule has 0 spiro atoms. The van der Waals surface area contributed by atoms with Gasteiger partial charge in [0.15, 0.2) is 6.61 Å². The molecule has 0 atom stereocenters. The van der Waals surface area contributed by atoms with E-state index in [2.05, 4.69) is 15.2 Å². The number of benzene rings is 2. The number of carbonyl (C=O) groups is 1. The molecule has 0 fully saturated rings. The third kappa shape index (κ3) is 8.01. The standard InChI is InChI=1S/C21H20F3N3O4/c22-21(23,24)31-19-8-6-18(7-9-19)30-15-20(28)26-17-12-25-27(13-17)10-11-29-14-16-4-2-1-3-5-16/h1-9,12-13H,10-11,14-15H2,(H,26,28). The van der Waals surface area contributed by atoms with E-state index in [0.717, 1.165) is 17.7 Å².